The molecule has 0 spiro atoms. The largest absolute Gasteiger partial charge is 0.425 e. The van der Waals surface area contributed by atoms with Gasteiger partial charge in [-0.05, 0) is 48.9 Å². The van der Waals surface area contributed by atoms with Gasteiger partial charge in [-0.15, -0.1) is 0 Å². The van der Waals surface area contributed by atoms with Crippen LogP contribution in [0.2, 0.25) is 10.0 Å². The Balaban J connectivity index is 2.21. The molecule has 0 unspecified atom stereocenters. The summed E-state index contributed by atoms with van der Waals surface area (Å²) in [4.78, 5) is 15.3. The monoisotopic (exact) mass is 321 g/mol. The maximum Gasteiger partial charge on any atom is 0.308 e. The lowest BCUT2D eigenvalue weighted by molar-refractivity contribution is -0.131. The molecule has 108 valence electrons. The molecule has 1 aromatic heterocycles. The van der Waals surface area contributed by atoms with Crippen LogP contribution in [0.1, 0.15) is 23.9 Å². The van der Waals surface area contributed by atoms with E-state index in [2.05, 4.69) is 4.98 Å². The maximum absolute atomic E-state index is 10.9. The smallest absolute Gasteiger partial charge is 0.308 e. The van der Waals surface area contributed by atoms with Crippen molar-refractivity contribution in [3.8, 4) is 5.75 Å². The van der Waals surface area contributed by atoms with Crippen LogP contribution < -0.4 is 4.74 Å². The zero-order valence-electron chi connectivity index (χ0n) is 11.6. The summed E-state index contributed by atoms with van der Waals surface area (Å²) < 4.78 is 5.03. The molecule has 0 aliphatic heterocycles. The van der Waals surface area contributed by atoms with Crippen molar-refractivity contribution in [2.75, 3.05) is 0 Å². The number of benzene rings is 1. The lowest BCUT2D eigenvalue weighted by Gasteiger charge is -2.05. The lowest BCUT2D eigenvalue weighted by Crippen LogP contribution is -2.03. The number of hydrogen-bond acceptors (Lipinski definition) is 3. The van der Waals surface area contributed by atoms with Crippen LogP contribution >= 0.6 is 23.2 Å². The average Bonchev–Trinajstić information content (AvgIpc) is 2.38. The van der Waals surface area contributed by atoms with Crippen LogP contribution in [0.4, 0.5) is 0 Å². The molecule has 0 bridgehead atoms. The van der Waals surface area contributed by atoms with E-state index < -0.39 is 0 Å². The van der Waals surface area contributed by atoms with E-state index in [1.807, 2.05) is 24.3 Å². The fourth-order valence-corrected chi connectivity index (χ4v) is 2.32. The van der Waals surface area contributed by atoms with Crippen LogP contribution in [0, 0.1) is 6.92 Å². The second kappa shape index (κ2) is 6.74. The Labute approximate surface area is 133 Å². The summed E-state index contributed by atoms with van der Waals surface area (Å²) in [7, 11) is 0. The SMILES string of the molecule is CC(=O)Oc1ccc(C=Cc2cc(Cl)cc(Cl)c2)nc1C. The quantitative estimate of drug-likeness (QED) is 0.763. The van der Waals surface area contributed by atoms with E-state index in [-0.39, 0.29) is 5.97 Å². The molecule has 0 saturated carbocycles. The molecular formula is C16H13Cl2NO2. The van der Waals surface area contributed by atoms with E-state index in [0.717, 1.165) is 11.3 Å². The van der Waals surface area contributed by atoms with Gasteiger partial charge in [-0.1, -0.05) is 29.3 Å². The fourth-order valence-electron chi connectivity index (χ4n) is 1.78. The van der Waals surface area contributed by atoms with Gasteiger partial charge in [-0.2, -0.15) is 0 Å². The van der Waals surface area contributed by atoms with E-state index in [1.54, 1.807) is 25.1 Å². The number of hydrogen-bond donors (Lipinski definition) is 0. The molecule has 5 heteroatoms. The third-order valence-corrected chi connectivity index (χ3v) is 3.08. The molecule has 2 rings (SSSR count). The third kappa shape index (κ3) is 4.59. The Kier molecular flexibility index (Phi) is 4.99. The molecule has 0 amide bonds. The van der Waals surface area contributed by atoms with Crippen molar-refractivity contribution in [1.29, 1.82) is 0 Å². The van der Waals surface area contributed by atoms with Crippen molar-refractivity contribution >= 4 is 41.3 Å². The van der Waals surface area contributed by atoms with Gasteiger partial charge in [0.05, 0.1) is 11.4 Å². The Morgan fingerprint density at radius 2 is 1.81 bits per heavy atom. The van der Waals surface area contributed by atoms with Crippen LogP contribution in [0.15, 0.2) is 30.3 Å². The first-order valence-corrected chi connectivity index (χ1v) is 7.00. The fraction of sp³-hybridized carbons (Fsp3) is 0.125. The number of rotatable bonds is 3. The van der Waals surface area contributed by atoms with Gasteiger partial charge < -0.3 is 4.74 Å². The van der Waals surface area contributed by atoms with Crippen molar-refractivity contribution in [1.82, 2.24) is 4.98 Å². The summed E-state index contributed by atoms with van der Waals surface area (Å²) in [5.41, 5.74) is 2.28. The second-order valence-electron chi connectivity index (χ2n) is 4.45. The molecule has 21 heavy (non-hydrogen) atoms. The number of nitrogens with zero attached hydrogens (tertiary/aromatic N) is 1. The van der Waals surface area contributed by atoms with Crippen molar-refractivity contribution in [2.45, 2.75) is 13.8 Å². The summed E-state index contributed by atoms with van der Waals surface area (Å²) in [6.45, 7) is 3.14. The molecule has 0 N–H and O–H groups in total. The topological polar surface area (TPSA) is 39.2 Å². The Bertz CT molecular complexity index is 691. The van der Waals surface area contributed by atoms with Gasteiger partial charge in [0.15, 0.2) is 5.75 Å². The molecule has 0 atom stereocenters. The molecule has 1 heterocycles. The highest BCUT2D eigenvalue weighted by Gasteiger charge is 2.04. The predicted octanol–water partition coefficient (Wildman–Crippen LogP) is 4.79. The van der Waals surface area contributed by atoms with E-state index in [9.17, 15) is 4.79 Å². The number of esters is 1. The molecule has 0 fully saturated rings. The van der Waals surface area contributed by atoms with E-state index >= 15 is 0 Å². The number of carbonyl (C=O) groups excluding carboxylic acids is 1. The van der Waals surface area contributed by atoms with Crippen LogP contribution in [-0.4, -0.2) is 11.0 Å². The maximum atomic E-state index is 10.9. The molecule has 0 aliphatic carbocycles. The van der Waals surface area contributed by atoms with Gasteiger partial charge >= 0.3 is 5.97 Å². The Morgan fingerprint density at radius 3 is 2.38 bits per heavy atom. The summed E-state index contributed by atoms with van der Waals surface area (Å²) in [6, 6.07) is 8.78. The molecule has 2 aromatic rings. The normalized spacial score (nSPS) is 10.9. The number of carbonyl (C=O) groups is 1. The summed E-state index contributed by atoms with van der Waals surface area (Å²) in [5.74, 6) is 0.0993. The van der Waals surface area contributed by atoms with Crippen LogP contribution in [-0.2, 0) is 4.79 Å². The standard InChI is InChI=1S/C16H13Cl2NO2/c1-10-16(21-11(2)20)6-5-15(19-10)4-3-12-7-13(17)9-14(18)8-12/h3-9H,1-2H3. The van der Waals surface area contributed by atoms with Crippen LogP contribution in [0.3, 0.4) is 0 Å². The van der Waals surface area contributed by atoms with Crippen molar-refractivity contribution in [3.05, 3.63) is 57.3 Å². The highest BCUT2D eigenvalue weighted by atomic mass is 35.5. The summed E-state index contributed by atoms with van der Waals surface area (Å²) in [6.07, 6.45) is 3.71. The molecule has 0 radical (unpaired) electrons. The first-order chi connectivity index (χ1) is 9.94. The van der Waals surface area contributed by atoms with Crippen molar-refractivity contribution < 1.29 is 9.53 Å². The van der Waals surface area contributed by atoms with Crippen molar-refractivity contribution in [2.24, 2.45) is 0 Å². The minimum absolute atomic E-state index is 0.364. The highest BCUT2D eigenvalue weighted by Crippen LogP contribution is 2.21. The van der Waals surface area contributed by atoms with Gasteiger partial charge in [0.25, 0.3) is 0 Å². The number of aryl methyl sites for hydroxylation is 1. The first-order valence-electron chi connectivity index (χ1n) is 6.24. The third-order valence-electron chi connectivity index (χ3n) is 2.64. The van der Waals surface area contributed by atoms with E-state index in [1.165, 1.54) is 6.92 Å². The minimum atomic E-state index is -0.364. The van der Waals surface area contributed by atoms with Gasteiger partial charge in [0.1, 0.15) is 0 Å². The van der Waals surface area contributed by atoms with E-state index in [4.69, 9.17) is 27.9 Å². The predicted molar refractivity (Wildman–Crippen MR) is 85.7 cm³/mol. The summed E-state index contributed by atoms with van der Waals surface area (Å²) in [5, 5.41) is 1.16. The highest BCUT2D eigenvalue weighted by molar-refractivity contribution is 6.34. The van der Waals surface area contributed by atoms with E-state index in [0.29, 0.717) is 21.5 Å². The van der Waals surface area contributed by atoms with Gasteiger partial charge in [-0.3, -0.25) is 4.79 Å². The zero-order chi connectivity index (χ0) is 15.4. The Hall–Kier alpha value is -1.84. The second-order valence-corrected chi connectivity index (χ2v) is 5.32. The molecule has 3 nitrogen and oxygen atoms in total. The van der Waals surface area contributed by atoms with Gasteiger partial charge in [-0.25, -0.2) is 4.98 Å². The minimum Gasteiger partial charge on any atom is -0.425 e. The van der Waals surface area contributed by atoms with Crippen LogP contribution in [0.5, 0.6) is 5.75 Å². The first kappa shape index (κ1) is 15.5. The molecule has 1 aromatic carbocycles. The molecule has 0 aliphatic rings. The van der Waals surface area contributed by atoms with Gasteiger partial charge in [0, 0.05) is 17.0 Å². The number of pyridine rings is 1. The lowest BCUT2D eigenvalue weighted by atomic mass is 10.2. The van der Waals surface area contributed by atoms with Gasteiger partial charge in [0.2, 0.25) is 0 Å². The number of aromatic nitrogens is 1. The number of ether oxygens (including phenoxy) is 1. The molecular weight excluding hydrogens is 309 g/mol. The van der Waals surface area contributed by atoms with Crippen molar-refractivity contribution in [3.63, 3.8) is 0 Å². The average molecular weight is 322 g/mol. The zero-order valence-corrected chi connectivity index (χ0v) is 13.1. The Morgan fingerprint density at radius 1 is 1.14 bits per heavy atom. The molecule has 0 saturated heterocycles. The van der Waals surface area contributed by atoms with Crippen LogP contribution in [0.25, 0.3) is 12.2 Å². The number of halogens is 2. The summed E-state index contributed by atoms with van der Waals surface area (Å²) >= 11 is 11.9.